The molecule has 0 aromatic heterocycles. The Bertz CT molecular complexity index is 531. The third kappa shape index (κ3) is 7.50. The highest BCUT2D eigenvalue weighted by Gasteiger charge is 2.23. The molecule has 2 rings (SSSR count). The lowest BCUT2D eigenvalue weighted by molar-refractivity contribution is 0.0963. The van der Waals surface area contributed by atoms with Crippen LogP contribution < -0.4 is 10.6 Å². The van der Waals surface area contributed by atoms with E-state index >= 15 is 0 Å². The lowest BCUT2D eigenvalue weighted by Crippen LogP contribution is -2.49. The average molecular weight is 460 g/mol. The van der Waals surface area contributed by atoms with Crippen molar-refractivity contribution in [3.05, 3.63) is 35.9 Å². The van der Waals surface area contributed by atoms with Crippen LogP contribution in [0.25, 0.3) is 0 Å². The number of nitrogens with one attached hydrogen (secondary N) is 2. The summed E-state index contributed by atoms with van der Waals surface area (Å²) in [5.41, 5.74) is 1.19. The molecule has 0 radical (unpaired) electrons. The Hall–Kier alpha value is -1.51. The molecule has 2 N–H and O–H groups in total. The monoisotopic (exact) mass is 460 g/mol. The zero-order chi connectivity index (χ0) is 17.2. The number of hydrogen-bond donors (Lipinski definition) is 2. The number of nitrogens with zero attached hydrogens (tertiary/aromatic N) is 2. The highest BCUT2D eigenvalue weighted by atomic mass is 127. The summed E-state index contributed by atoms with van der Waals surface area (Å²) in [6, 6.07) is 10.5. The third-order valence-corrected chi connectivity index (χ3v) is 3.97. The zero-order valence-corrected chi connectivity index (χ0v) is 17.4. The van der Waals surface area contributed by atoms with Gasteiger partial charge in [0.2, 0.25) is 0 Å². The van der Waals surface area contributed by atoms with Crippen molar-refractivity contribution in [2.24, 2.45) is 4.99 Å². The second-order valence-electron chi connectivity index (χ2n) is 5.79. The highest BCUT2D eigenvalue weighted by molar-refractivity contribution is 14.0. The summed E-state index contributed by atoms with van der Waals surface area (Å²) in [4.78, 5) is 18.2. The zero-order valence-electron chi connectivity index (χ0n) is 15.0. The first kappa shape index (κ1) is 21.5. The van der Waals surface area contributed by atoms with Crippen molar-refractivity contribution in [3.8, 4) is 0 Å². The number of carbonyl (C=O) groups excluding carboxylic acids is 1. The van der Waals surface area contributed by atoms with E-state index in [0.29, 0.717) is 32.3 Å². The predicted octanol–water partition coefficient (Wildman–Crippen LogP) is 2.98. The van der Waals surface area contributed by atoms with Crippen LogP contribution in [0.4, 0.5) is 4.79 Å². The van der Waals surface area contributed by atoms with E-state index in [0.717, 1.165) is 25.3 Å². The van der Waals surface area contributed by atoms with E-state index in [9.17, 15) is 4.79 Å². The van der Waals surface area contributed by atoms with Crippen LogP contribution in [0.3, 0.4) is 0 Å². The number of likely N-dealkylation sites (tertiary alicyclic amines) is 1. The Morgan fingerprint density at radius 1 is 1.24 bits per heavy atom. The molecule has 7 heteroatoms. The molecular weight excluding hydrogens is 431 g/mol. The largest absolute Gasteiger partial charge is 0.450 e. The van der Waals surface area contributed by atoms with E-state index in [2.05, 4.69) is 34.7 Å². The third-order valence-electron chi connectivity index (χ3n) is 3.97. The van der Waals surface area contributed by atoms with Gasteiger partial charge in [-0.1, -0.05) is 30.3 Å². The summed E-state index contributed by atoms with van der Waals surface area (Å²) in [5, 5.41) is 6.77. The second kappa shape index (κ2) is 11.9. The van der Waals surface area contributed by atoms with Crippen LogP contribution >= 0.6 is 24.0 Å². The summed E-state index contributed by atoms with van der Waals surface area (Å²) < 4.78 is 5.05. The van der Waals surface area contributed by atoms with Crippen LogP contribution in [-0.2, 0) is 11.3 Å². The molecule has 1 aromatic rings. The van der Waals surface area contributed by atoms with Gasteiger partial charge in [0.05, 0.1) is 13.2 Å². The number of hydrogen-bond acceptors (Lipinski definition) is 3. The quantitative estimate of drug-likeness (QED) is 0.403. The molecule has 0 unspecified atom stereocenters. The number of amides is 1. The number of benzene rings is 1. The summed E-state index contributed by atoms with van der Waals surface area (Å²) in [5.74, 6) is 0.830. The molecule has 1 fully saturated rings. The van der Waals surface area contributed by atoms with Crippen LogP contribution in [0.5, 0.6) is 0 Å². The van der Waals surface area contributed by atoms with Crippen LogP contribution in [-0.4, -0.2) is 49.2 Å². The molecule has 1 aliphatic rings. The minimum Gasteiger partial charge on any atom is -0.450 e. The van der Waals surface area contributed by atoms with Gasteiger partial charge in [-0.15, -0.1) is 24.0 Å². The van der Waals surface area contributed by atoms with Gasteiger partial charge in [-0.3, -0.25) is 0 Å². The van der Waals surface area contributed by atoms with Crippen molar-refractivity contribution in [3.63, 3.8) is 0 Å². The standard InChI is InChI=1S/C18H28N4O2.HI/c1-3-19-17(20-14-15-8-6-5-7-9-15)21-16-10-12-22(13-11-16)18(23)24-4-2;/h5-9,16H,3-4,10-14H2,1-2H3,(H2,19,20,21);1H. The van der Waals surface area contributed by atoms with Crippen molar-refractivity contribution in [1.29, 1.82) is 0 Å². The van der Waals surface area contributed by atoms with Crippen LogP contribution in [0.1, 0.15) is 32.3 Å². The van der Waals surface area contributed by atoms with E-state index < -0.39 is 0 Å². The Kier molecular flexibility index (Phi) is 10.3. The maximum atomic E-state index is 11.7. The molecule has 0 saturated carbocycles. The lowest BCUT2D eigenvalue weighted by Gasteiger charge is -2.32. The number of guanidine groups is 1. The maximum Gasteiger partial charge on any atom is 0.409 e. The lowest BCUT2D eigenvalue weighted by atomic mass is 10.1. The van der Waals surface area contributed by atoms with Crippen LogP contribution in [0, 0.1) is 0 Å². The van der Waals surface area contributed by atoms with E-state index in [1.54, 1.807) is 4.90 Å². The molecule has 140 valence electrons. The van der Waals surface area contributed by atoms with Crippen LogP contribution in [0.2, 0.25) is 0 Å². The van der Waals surface area contributed by atoms with E-state index in [4.69, 9.17) is 4.74 Å². The summed E-state index contributed by atoms with van der Waals surface area (Å²) in [6.45, 7) is 7.22. The van der Waals surface area contributed by atoms with Gasteiger partial charge in [0, 0.05) is 25.7 Å². The molecule has 1 amide bonds. The minimum atomic E-state index is -0.208. The van der Waals surface area contributed by atoms with Gasteiger partial charge < -0.3 is 20.3 Å². The number of carbonyl (C=O) groups is 1. The minimum absolute atomic E-state index is 0. The molecular formula is C18H29IN4O2. The van der Waals surface area contributed by atoms with Gasteiger partial charge in [0.25, 0.3) is 0 Å². The Morgan fingerprint density at radius 3 is 2.52 bits per heavy atom. The van der Waals surface area contributed by atoms with Crippen molar-refractivity contribution in [2.75, 3.05) is 26.2 Å². The molecule has 0 aliphatic carbocycles. The number of rotatable bonds is 5. The van der Waals surface area contributed by atoms with Gasteiger partial charge in [-0.05, 0) is 32.3 Å². The fourth-order valence-corrected chi connectivity index (χ4v) is 2.69. The topological polar surface area (TPSA) is 66.0 Å². The van der Waals surface area contributed by atoms with Gasteiger partial charge >= 0.3 is 6.09 Å². The van der Waals surface area contributed by atoms with Crippen molar-refractivity contribution < 1.29 is 9.53 Å². The van der Waals surface area contributed by atoms with Crippen molar-refractivity contribution in [1.82, 2.24) is 15.5 Å². The maximum absolute atomic E-state index is 11.7. The number of halogens is 1. The van der Waals surface area contributed by atoms with E-state index in [1.165, 1.54) is 5.56 Å². The molecule has 25 heavy (non-hydrogen) atoms. The summed E-state index contributed by atoms with van der Waals surface area (Å²) >= 11 is 0. The van der Waals surface area contributed by atoms with Gasteiger partial charge in [0.15, 0.2) is 5.96 Å². The average Bonchev–Trinajstić information content (AvgIpc) is 2.61. The smallest absolute Gasteiger partial charge is 0.409 e. The molecule has 1 heterocycles. The number of ether oxygens (including phenoxy) is 1. The fraction of sp³-hybridized carbons (Fsp3) is 0.556. The summed E-state index contributed by atoms with van der Waals surface area (Å²) in [6.07, 6.45) is 1.59. The predicted molar refractivity (Wildman–Crippen MR) is 111 cm³/mol. The van der Waals surface area contributed by atoms with Crippen LogP contribution in [0.15, 0.2) is 35.3 Å². The first-order valence-corrected chi connectivity index (χ1v) is 8.73. The van der Waals surface area contributed by atoms with Crippen molar-refractivity contribution in [2.45, 2.75) is 39.3 Å². The highest BCUT2D eigenvalue weighted by Crippen LogP contribution is 2.11. The number of aliphatic imine (C=N–C) groups is 1. The van der Waals surface area contributed by atoms with Gasteiger partial charge in [-0.25, -0.2) is 9.79 Å². The first-order chi connectivity index (χ1) is 11.7. The molecule has 0 atom stereocenters. The van der Waals surface area contributed by atoms with Gasteiger partial charge in [0.1, 0.15) is 0 Å². The molecule has 0 bridgehead atoms. The van der Waals surface area contributed by atoms with E-state index in [1.807, 2.05) is 25.1 Å². The first-order valence-electron chi connectivity index (χ1n) is 8.73. The molecule has 1 aliphatic heterocycles. The Morgan fingerprint density at radius 2 is 1.92 bits per heavy atom. The summed E-state index contributed by atoms with van der Waals surface area (Å²) in [7, 11) is 0. The number of piperidine rings is 1. The van der Waals surface area contributed by atoms with Crippen molar-refractivity contribution >= 4 is 36.0 Å². The Labute approximate surface area is 167 Å². The molecule has 1 aromatic carbocycles. The molecule has 1 saturated heterocycles. The SMILES string of the molecule is CCNC(=NCc1ccccc1)NC1CCN(C(=O)OCC)CC1.I. The Balaban J connectivity index is 0.00000312. The van der Waals surface area contributed by atoms with E-state index in [-0.39, 0.29) is 30.1 Å². The molecule has 0 spiro atoms. The second-order valence-corrected chi connectivity index (χ2v) is 5.79. The van der Waals surface area contributed by atoms with Gasteiger partial charge in [-0.2, -0.15) is 0 Å². The molecule has 6 nitrogen and oxygen atoms in total. The normalized spacial score (nSPS) is 15.3. The fourth-order valence-electron chi connectivity index (χ4n) is 2.69.